The summed E-state index contributed by atoms with van der Waals surface area (Å²) in [5.74, 6) is -4.67. The molecule has 0 amide bonds. The average molecular weight is 569 g/mol. The minimum atomic E-state index is -0.910. The molecule has 0 aliphatic rings. The highest BCUT2D eigenvalue weighted by atomic mass is 16.4. The zero-order valence-corrected chi connectivity index (χ0v) is 26.2. The van der Waals surface area contributed by atoms with E-state index in [1.54, 1.807) is 0 Å². The maximum absolute atomic E-state index is 11.9. The second kappa shape index (κ2) is 23.8. The number of hydrogen-bond donors (Lipinski definition) is 3. The molecule has 7 nitrogen and oxygen atoms in total. The molecule has 0 aromatic rings. The van der Waals surface area contributed by atoms with Crippen molar-refractivity contribution in [3.05, 3.63) is 12.2 Å². The SMILES string of the molecule is CCCCCCCCCCCCCCC/C=C/C[N+](CC(CC)C(=O)O)(CC(CC)C(=O)O)CC(CC)C(=O)O. The molecule has 0 radical (unpaired) electrons. The van der Waals surface area contributed by atoms with E-state index in [4.69, 9.17) is 0 Å². The van der Waals surface area contributed by atoms with E-state index >= 15 is 0 Å². The van der Waals surface area contributed by atoms with Crippen LogP contribution in [0.1, 0.15) is 137 Å². The Morgan fingerprint density at radius 2 is 0.850 bits per heavy atom. The highest BCUT2D eigenvalue weighted by molar-refractivity contribution is 5.71. The minimum Gasteiger partial charge on any atom is -0.481 e. The standard InChI is InChI=1S/C33H61NO6/c1-5-9-10-11-12-13-14-15-16-17-18-19-20-21-22-23-24-34(25-28(6-2)31(35)36,26-29(7-3)32(37)38)27-30(8-4)33(39)40/h22-23,28-30H,5-21,24-27H2,1-4H3,(H2-,35,36,37,38,39,40)/p+1/b23-22+. The van der Waals surface area contributed by atoms with E-state index in [2.05, 4.69) is 13.0 Å². The van der Waals surface area contributed by atoms with Gasteiger partial charge in [-0.05, 0) is 38.2 Å². The number of unbranched alkanes of at least 4 members (excludes halogenated alkanes) is 13. The summed E-state index contributed by atoms with van der Waals surface area (Å²) in [6.45, 7) is 8.89. The highest BCUT2D eigenvalue weighted by Crippen LogP contribution is 2.24. The van der Waals surface area contributed by atoms with E-state index in [1.165, 1.54) is 77.0 Å². The van der Waals surface area contributed by atoms with Crippen LogP contribution in [0.15, 0.2) is 12.2 Å². The van der Waals surface area contributed by atoms with Gasteiger partial charge in [0.2, 0.25) is 0 Å². The Hall–Kier alpha value is -1.89. The van der Waals surface area contributed by atoms with Gasteiger partial charge in [-0.25, -0.2) is 0 Å². The average Bonchev–Trinajstić information content (AvgIpc) is 2.92. The number of carboxylic acids is 3. The molecule has 0 saturated heterocycles. The van der Waals surface area contributed by atoms with Gasteiger partial charge in [0.25, 0.3) is 0 Å². The van der Waals surface area contributed by atoms with Crippen molar-refractivity contribution in [1.29, 1.82) is 0 Å². The lowest BCUT2D eigenvalue weighted by Gasteiger charge is -2.42. The molecule has 0 aromatic carbocycles. The van der Waals surface area contributed by atoms with Gasteiger partial charge in [-0.3, -0.25) is 14.4 Å². The monoisotopic (exact) mass is 568 g/mol. The number of allylic oxidation sites excluding steroid dienone is 1. The molecular formula is C33H62NO6+. The first-order valence-corrected chi connectivity index (χ1v) is 16.3. The van der Waals surface area contributed by atoms with Crippen LogP contribution in [-0.2, 0) is 14.4 Å². The molecule has 0 heterocycles. The van der Waals surface area contributed by atoms with Gasteiger partial charge >= 0.3 is 17.9 Å². The fourth-order valence-electron chi connectivity index (χ4n) is 5.69. The molecule has 0 rings (SSSR count). The summed E-state index contributed by atoms with van der Waals surface area (Å²) in [6.07, 6.45) is 23.4. The highest BCUT2D eigenvalue weighted by Gasteiger charge is 2.39. The Balaban J connectivity index is 4.96. The van der Waals surface area contributed by atoms with Crippen molar-refractivity contribution in [2.45, 2.75) is 137 Å². The van der Waals surface area contributed by atoms with Gasteiger partial charge in [0.1, 0.15) is 17.8 Å². The second-order valence-electron chi connectivity index (χ2n) is 11.9. The van der Waals surface area contributed by atoms with Gasteiger partial charge in [-0.15, -0.1) is 0 Å². The molecule has 234 valence electrons. The number of rotatable bonds is 28. The third kappa shape index (κ3) is 17.7. The topological polar surface area (TPSA) is 112 Å². The number of hydrogen-bond acceptors (Lipinski definition) is 3. The van der Waals surface area contributed by atoms with E-state index in [0.29, 0.717) is 25.8 Å². The van der Waals surface area contributed by atoms with Gasteiger partial charge in [-0.2, -0.15) is 0 Å². The van der Waals surface area contributed by atoms with Gasteiger partial charge in [0.15, 0.2) is 0 Å². The van der Waals surface area contributed by atoms with Crippen LogP contribution < -0.4 is 0 Å². The van der Waals surface area contributed by atoms with E-state index in [9.17, 15) is 29.7 Å². The Bertz CT molecular complexity index is 647. The van der Waals surface area contributed by atoms with E-state index in [0.717, 1.165) is 12.8 Å². The fourth-order valence-corrected chi connectivity index (χ4v) is 5.69. The van der Waals surface area contributed by atoms with Crippen LogP contribution >= 0.6 is 0 Å². The third-order valence-electron chi connectivity index (χ3n) is 8.48. The third-order valence-corrected chi connectivity index (χ3v) is 8.48. The maximum Gasteiger partial charge on any atom is 0.312 e. The summed E-state index contributed by atoms with van der Waals surface area (Å²) in [4.78, 5) is 35.8. The zero-order chi connectivity index (χ0) is 30.2. The molecule has 0 bridgehead atoms. The van der Waals surface area contributed by atoms with Crippen LogP contribution in [0.4, 0.5) is 0 Å². The van der Waals surface area contributed by atoms with E-state index < -0.39 is 35.7 Å². The molecule has 0 fully saturated rings. The summed E-state index contributed by atoms with van der Waals surface area (Å²) < 4.78 is 0.176. The summed E-state index contributed by atoms with van der Waals surface area (Å²) in [7, 11) is 0. The van der Waals surface area contributed by atoms with Crippen molar-refractivity contribution in [2.75, 3.05) is 26.2 Å². The number of nitrogens with zero attached hydrogens (tertiary/aromatic N) is 1. The molecule has 3 N–H and O–H groups in total. The molecule has 0 aliphatic heterocycles. The maximum atomic E-state index is 11.9. The summed E-state index contributed by atoms with van der Waals surface area (Å²) in [5, 5.41) is 29.4. The van der Waals surface area contributed by atoms with Crippen molar-refractivity contribution in [2.24, 2.45) is 17.8 Å². The molecule has 40 heavy (non-hydrogen) atoms. The fraction of sp³-hybridized carbons (Fsp3) is 0.848. The summed E-state index contributed by atoms with van der Waals surface area (Å²) in [6, 6.07) is 0. The van der Waals surface area contributed by atoms with Crippen molar-refractivity contribution >= 4 is 17.9 Å². The first-order chi connectivity index (χ1) is 19.2. The predicted molar refractivity (Wildman–Crippen MR) is 163 cm³/mol. The molecule has 0 spiro atoms. The van der Waals surface area contributed by atoms with Crippen LogP contribution in [0, 0.1) is 17.8 Å². The van der Waals surface area contributed by atoms with Crippen LogP contribution in [0.25, 0.3) is 0 Å². The van der Waals surface area contributed by atoms with Crippen molar-refractivity contribution < 1.29 is 34.2 Å². The van der Waals surface area contributed by atoms with Crippen LogP contribution in [-0.4, -0.2) is 63.9 Å². The first-order valence-electron chi connectivity index (χ1n) is 16.3. The van der Waals surface area contributed by atoms with Crippen molar-refractivity contribution in [1.82, 2.24) is 0 Å². The molecule has 0 saturated carbocycles. The number of carbonyl (C=O) groups is 3. The Morgan fingerprint density at radius 3 is 1.15 bits per heavy atom. The summed E-state index contributed by atoms with van der Waals surface area (Å²) in [5.41, 5.74) is 0. The quantitative estimate of drug-likeness (QED) is 0.0498. The van der Waals surface area contributed by atoms with E-state index in [-0.39, 0.29) is 24.1 Å². The molecule has 0 aromatic heterocycles. The van der Waals surface area contributed by atoms with Gasteiger partial charge < -0.3 is 19.8 Å². The number of quaternary nitrogens is 1. The molecule has 3 unspecified atom stereocenters. The van der Waals surface area contributed by atoms with Crippen molar-refractivity contribution in [3.63, 3.8) is 0 Å². The molecular weight excluding hydrogens is 506 g/mol. The first kappa shape index (κ1) is 38.1. The van der Waals surface area contributed by atoms with Crippen LogP contribution in [0.3, 0.4) is 0 Å². The predicted octanol–water partition coefficient (Wildman–Crippen LogP) is 8.17. The normalized spacial score (nSPS) is 15.5. The lowest BCUT2D eigenvalue weighted by Crippen LogP contribution is -2.58. The van der Waals surface area contributed by atoms with Crippen LogP contribution in [0.2, 0.25) is 0 Å². The lowest BCUT2D eigenvalue weighted by molar-refractivity contribution is -0.929. The largest absolute Gasteiger partial charge is 0.481 e. The Morgan fingerprint density at radius 1 is 0.525 bits per heavy atom. The van der Waals surface area contributed by atoms with Crippen LogP contribution in [0.5, 0.6) is 0 Å². The van der Waals surface area contributed by atoms with E-state index in [1.807, 2.05) is 26.8 Å². The number of carboxylic acid groups (broad SMARTS) is 3. The Kier molecular flexibility index (Phi) is 22.7. The lowest BCUT2D eigenvalue weighted by atomic mass is 9.96. The smallest absolute Gasteiger partial charge is 0.312 e. The minimum absolute atomic E-state index is 0.176. The molecule has 3 atom stereocenters. The number of aliphatic carboxylic acids is 3. The van der Waals surface area contributed by atoms with Gasteiger partial charge in [-0.1, -0.05) is 111 Å². The second-order valence-corrected chi connectivity index (χ2v) is 11.9. The molecule has 7 heteroatoms. The summed E-state index contributed by atoms with van der Waals surface area (Å²) >= 11 is 0. The zero-order valence-electron chi connectivity index (χ0n) is 26.2. The van der Waals surface area contributed by atoms with Gasteiger partial charge in [0.05, 0.1) is 26.2 Å². The molecule has 0 aliphatic carbocycles. The van der Waals surface area contributed by atoms with Gasteiger partial charge in [0, 0.05) is 0 Å². The van der Waals surface area contributed by atoms with Crippen molar-refractivity contribution in [3.8, 4) is 0 Å². The Labute approximate surface area is 245 Å².